The molecule has 6 heteroatoms. The van der Waals surface area contributed by atoms with Crippen molar-refractivity contribution in [1.29, 1.82) is 0 Å². The molecule has 0 heterocycles. The summed E-state index contributed by atoms with van der Waals surface area (Å²) in [6.45, 7) is 0.111. The van der Waals surface area contributed by atoms with Crippen LogP contribution in [0.2, 0.25) is 0 Å². The first-order chi connectivity index (χ1) is 11.5. The smallest absolute Gasteiger partial charge is 0.258 e. The number of benzene rings is 2. The molecule has 128 valence electrons. The topological polar surface area (TPSA) is 61.8 Å². The highest BCUT2D eigenvalue weighted by Crippen LogP contribution is 2.24. The van der Waals surface area contributed by atoms with Gasteiger partial charge in [-0.15, -0.1) is 0 Å². The number of halogens is 1. The quantitative estimate of drug-likeness (QED) is 0.817. The molecule has 24 heavy (non-hydrogen) atoms. The molecule has 0 fully saturated rings. The molecule has 2 rings (SSSR count). The van der Waals surface area contributed by atoms with Crippen LogP contribution in [0.1, 0.15) is 11.6 Å². The fourth-order valence-electron chi connectivity index (χ4n) is 2.30. The second-order valence-corrected chi connectivity index (χ2v) is 5.59. The van der Waals surface area contributed by atoms with Crippen molar-refractivity contribution in [1.82, 2.24) is 10.2 Å². The molecule has 0 radical (unpaired) electrons. The maximum absolute atomic E-state index is 13.4. The number of likely N-dealkylation sites (N-methyl/N-ethyl adjacent to an activating group) is 1. The minimum atomic E-state index is -0.318. The SMILES string of the molecule is CN(C)C(CNC(=O)COc1ccccc1O)c1cccc(F)c1. The number of rotatable bonds is 7. The zero-order valence-electron chi connectivity index (χ0n) is 13.7. The Balaban J connectivity index is 1.90. The monoisotopic (exact) mass is 332 g/mol. The van der Waals surface area contributed by atoms with Crippen molar-refractivity contribution < 1.29 is 19.0 Å². The molecule has 2 aromatic carbocycles. The van der Waals surface area contributed by atoms with E-state index < -0.39 is 0 Å². The third-order valence-electron chi connectivity index (χ3n) is 3.57. The van der Waals surface area contributed by atoms with Gasteiger partial charge in [0, 0.05) is 6.54 Å². The molecule has 0 saturated carbocycles. The molecule has 2 aromatic rings. The predicted octanol–water partition coefficient (Wildman–Crippen LogP) is 2.33. The number of aromatic hydroxyl groups is 1. The van der Waals surface area contributed by atoms with E-state index >= 15 is 0 Å². The Morgan fingerprint density at radius 2 is 2.00 bits per heavy atom. The van der Waals surface area contributed by atoms with Gasteiger partial charge in [-0.2, -0.15) is 0 Å². The van der Waals surface area contributed by atoms with Crippen LogP contribution in [-0.4, -0.2) is 43.2 Å². The van der Waals surface area contributed by atoms with Crippen molar-refractivity contribution in [3.05, 3.63) is 59.9 Å². The second-order valence-electron chi connectivity index (χ2n) is 5.59. The van der Waals surface area contributed by atoms with Crippen LogP contribution in [-0.2, 0) is 4.79 Å². The molecule has 2 N–H and O–H groups in total. The van der Waals surface area contributed by atoms with E-state index in [9.17, 15) is 14.3 Å². The zero-order chi connectivity index (χ0) is 17.5. The lowest BCUT2D eigenvalue weighted by atomic mass is 10.1. The number of carbonyl (C=O) groups excluding carboxylic acids is 1. The third kappa shape index (κ3) is 4.96. The number of amides is 1. The van der Waals surface area contributed by atoms with Gasteiger partial charge in [0.05, 0.1) is 6.04 Å². The van der Waals surface area contributed by atoms with Gasteiger partial charge in [-0.25, -0.2) is 4.39 Å². The Morgan fingerprint density at radius 1 is 1.25 bits per heavy atom. The van der Waals surface area contributed by atoms with E-state index in [0.29, 0.717) is 6.54 Å². The maximum Gasteiger partial charge on any atom is 0.258 e. The van der Waals surface area contributed by atoms with E-state index in [1.54, 1.807) is 24.3 Å². The van der Waals surface area contributed by atoms with Gasteiger partial charge in [0.1, 0.15) is 5.82 Å². The van der Waals surface area contributed by atoms with Gasteiger partial charge in [0.25, 0.3) is 5.91 Å². The van der Waals surface area contributed by atoms with Crippen molar-refractivity contribution in [2.45, 2.75) is 6.04 Å². The van der Waals surface area contributed by atoms with Crippen molar-refractivity contribution in [2.75, 3.05) is 27.2 Å². The summed E-state index contributed by atoms with van der Waals surface area (Å²) < 4.78 is 18.7. The minimum absolute atomic E-state index is 0.0174. The molecule has 0 bridgehead atoms. The number of ether oxygens (including phenoxy) is 1. The lowest BCUT2D eigenvalue weighted by Gasteiger charge is -2.25. The Labute approximate surface area is 140 Å². The molecular weight excluding hydrogens is 311 g/mol. The van der Waals surface area contributed by atoms with E-state index in [4.69, 9.17) is 4.74 Å². The van der Waals surface area contributed by atoms with E-state index in [0.717, 1.165) is 5.56 Å². The lowest BCUT2D eigenvalue weighted by molar-refractivity contribution is -0.123. The number of hydrogen-bond donors (Lipinski definition) is 2. The van der Waals surface area contributed by atoms with Gasteiger partial charge >= 0.3 is 0 Å². The van der Waals surface area contributed by atoms with Gasteiger partial charge in [-0.1, -0.05) is 24.3 Å². The molecule has 0 aliphatic heterocycles. The molecule has 1 unspecified atom stereocenters. The molecule has 0 aliphatic rings. The van der Waals surface area contributed by atoms with Crippen LogP contribution in [0.25, 0.3) is 0 Å². The summed E-state index contributed by atoms with van der Waals surface area (Å²) >= 11 is 0. The van der Waals surface area contributed by atoms with Crippen molar-refractivity contribution in [2.24, 2.45) is 0 Å². The maximum atomic E-state index is 13.4. The summed E-state index contributed by atoms with van der Waals surface area (Å²) in [6, 6.07) is 12.6. The van der Waals surface area contributed by atoms with Crippen LogP contribution in [0.15, 0.2) is 48.5 Å². The fourth-order valence-corrected chi connectivity index (χ4v) is 2.30. The summed E-state index contributed by atoms with van der Waals surface area (Å²) in [5, 5.41) is 12.4. The van der Waals surface area contributed by atoms with Crippen LogP contribution >= 0.6 is 0 Å². The van der Waals surface area contributed by atoms with Crippen LogP contribution in [0, 0.1) is 5.82 Å². The largest absolute Gasteiger partial charge is 0.504 e. The Morgan fingerprint density at radius 3 is 2.67 bits per heavy atom. The molecule has 0 spiro atoms. The Kier molecular flexibility index (Phi) is 6.14. The highest BCUT2D eigenvalue weighted by Gasteiger charge is 2.16. The number of phenolic OH excluding ortho intramolecular Hbond substituents is 1. The molecule has 1 atom stereocenters. The van der Waals surface area contributed by atoms with Gasteiger partial charge < -0.3 is 20.1 Å². The standard InChI is InChI=1S/C18H21FN2O3/c1-21(2)15(13-6-5-7-14(19)10-13)11-20-18(23)12-24-17-9-4-3-8-16(17)22/h3-10,15,22H,11-12H2,1-2H3,(H,20,23). The number of nitrogens with zero attached hydrogens (tertiary/aromatic N) is 1. The van der Waals surface area contributed by atoms with Crippen molar-refractivity contribution >= 4 is 5.91 Å². The van der Waals surface area contributed by atoms with E-state index in [1.807, 2.05) is 25.1 Å². The first kappa shape index (κ1) is 17.7. The summed E-state index contributed by atoms with van der Waals surface area (Å²) in [5.41, 5.74) is 0.780. The number of para-hydroxylation sites is 2. The first-order valence-corrected chi connectivity index (χ1v) is 7.56. The normalized spacial score (nSPS) is 12.0. The highest BCUT2D eigenvalue weighted by molar-refractivity contribution is 5.77. The molecule has 1 amide bonds. The molecule has 0 aromatic heterocycles. The minimum Gasteiger partial charge on any atom is -0.504 e. The first-order valence-electron chi connectivity index (χ1n) is 7.56. The number of carbonyl (C=O) groups is 1. The number of hydrogen-bond acceptors (Lipinski definition) is 4. The van der Waals surface area contributed by atoms with Crippen LogP contribution in [0.4, 0.5) is 4.39 Å². The van der Waals surface area contributed by atoms with Crippen LogP contribution in [0.3, 0.4) is 0 Å². The number of nitrogens with one attached hydrogen (secondary N) is 1. The van der Waals surface area contributed by atoms with Gasteiger partial charge in [0.2, 0.25) is 0 Å². The van der Waals surface area contributed by atoms with E-state index in [-0.39, 0.29) is 35.9 Å². The van der Waals surface area contributed by atoms with Gasteiger partial charge in [-0.05, 0) is 43.9 Å². The summed E-state index contributed by atoms with van der Waals surface area (Å²) in [5.74, 6) is -0.395. The summed E-state index contributed by atoms with van der Waals surface area (Å²) in [4.78, 5) is 13.8. The van der Waals surface area contributed by atoms with Crippen LogP contribution < -0.4 is 10.1 Å². The average Bonchev–Trinajstić information content (AvgIpc) is 2.54. The van der Waals surface area contributed by atoms with E-state index in [2.05, 4.69) is 5.32 Å². The molecular formula is C18H21FN2O3. The zero-order valence-corrected chi connectivity index (χ0v) is 13.7. The molecule has 0 saturated heterocycles. The predicted molar refractivity (Wildman–Crippen MR) is 89.4 cm³/mol. The fraction of sp³-hybridized carbons (Fsp3) is 0.278. The van der Waals surface area contributed by atoms with Crippen molar-refractivity contribution in [3.63, 3.8) is 0 Å². The second kappa shape index (κ2) is 8.31. The van der Waals surface area contributed by atoms with Crippen molar-refractivity contribution in [3.8, 4) is 11.5 Å². The Hall–Kier alpha value is -2.60. The molecule has 0 aliphatic carbocycles. The summed E-state index contributed by atoms with van der Waals surface area (Å²) in [7, 11) is 3.72. The average molecular weight is 332 g/mol. The van der Waals surface area contributed by atoms with Gasteiger partial charge in [-0.3, -0.25) is 4.79 Å². The lowest BCUT2D eigenvalue weighted by Crippen LogP contribution is -2.36. The third-order valence-corrected chi connectivity index (χ3v) is 3.57. The number of phenols is 1. The Bertz CT molecular complexity index is 691. The van der Waals surface area contributed by atoms with E-state index in [1.165, 1.54) is 18.2 Å². The molecule has 5 nitrogen and oxygen atoms in total. The van der Waals surface area contributed by atoms with Gasteiger partial charge in [0.15, 0.2) is 18.1 Å². The summed E-state index contributed by atoms with van der Waals surface area (Å²) in [6.07, 6.45) is 0. The highest BCUT2D eigenvalue weighted by atomic mass is 19.1. The van der Waals surface area contributed by atoms with Crippen LogP contribution in [0.5, 0.6) is 11.5 Å².